The molecule has 0 fully saturated rings. The standard InChI is InChI=1S/C10H10F3NO5S/c1-2-20(17,18)7-3-6(19-5-10(11,12)13)4-14-8(7)9(15)16/h3-4H,2,5H2,1H3,(H,15,16). The number of nitrogens with zero attached hydrogens (tertiary/aromatic N) is 1. The largest absolute Gasteiger partial charge is 0.482 e. The molecule has 0 amide bonds. The first-order valence-corrected chi connectivity index (χ1v) is 6.87. The molecule has 1 aromatic rings. The lowest BCUT2D eigenvalue weighted by Gasteiger charge is -2.11. The molecule has 0 radical (unpaired) electrons. The molecule has 0 aromatic carbocycles. The summed E-state index contributed by atoms with van der Waals surface area (Å²) in [6, 6.07) is 0.723. The van der Waals surface area contributed by atoms with Crippen LogP contribution in [0.2, 0.25) is 0 Å². The number of carbonyl (C=O) groups is 1. The monoisotopic (exact) mass is 313 g/mol. The van der Waals surface area contributed by atoms with E-state index in [0.717, 1.165) is 12.3 Å². The van der Waals surface area contributed by atoms with E-state index in [-0.39, 0.29) is 0 Å². The molecule has 0 saturated carbocycles. The zero-order valence-electron chi connectivity index (χ0n) is 10.1. The molecule has 0 aliphatic heterocycles. The van der Waals surface area contributed by atoms with Crippen LogP contribution in [-0.2, 0) is 9.84 Å². The van der Waals surface area contributed by atoms with Gasteiger partial charge in [-0.15, -0.1) is 0 Å². The van der Waals surface area contributed by atoms with Gasteiger partial charge in [0.15, 0.2) is 22.1 Å². The minimum Gasteiger partial charge on any atom is -0.482 e. The highest BCUT2D eigenvalue weighted by atomic mass is 32.2. The number of halogens is 3. The molecular formula is C10H10F3NO5S. The highest BCUT2D eigenvalue weighted by molar-refractivity contribution is 7.91. The fourth-order valence-corrected chi connectivity index (χ4v) is 2.27. The second-order valence-corrected chi connectivity index (χ2v) is 5.88. The van der Waals surface area contributed by atoms with Crippen molar-refractivity contribution in [2.75, 3.05) is 12.4 Å². The van der Waals surface area contributed by atoms with Gasteiger partial charge < -0.3 is 9.84 Å². The van der Waals surface area contributed by atoms with E-state index in [1.54, 1.807) is 0 Å². The fourth-order valence-electron chi connectivity index (χ4n) is 1.22. The fraction of sp³-hybridized carbons (Fsp3) is 0.400. The SMILES string of the molecule is CCS(=O)(=O)c1cc(OCC(F)(F)F)cnc1C(=O)O. The van der Waals surface area contributed by atoms with E-state index in [1.807, 2.05) is 0 Å². The van der Waals surface area contributed by atoms with Crippen LogP contribution in [0.5, 0.6) is 5.75 Å². The van der Waals surface area contributed by atoms with Crippen molar-refractivity contribution in [1.29, 1.82) is 0 Å². The molecule has 1 rings (SSSR count). The number of alkyl halides is 3. The zero-order chi connectivity index (χ0) is 15.6. The summed E-state index contributed by atoms with van der Waals surface area (Å²) in [6.45, 7) is -0.364. The van der Waals surface area contributed by atoms with E-state index < -0.39 is 50.7 Å². The number of carboxylic acids is 1. The molecular weight excluding hydrogens is 303 g/mol. The van der Waals surface area contributed by atoms with Gasteiger partial charge in [-0.3, -0.25) is 0 Å². The van der Waals surface area contributed by atoms with Gasteiger partial charge in [0.25, 0.3) is 0 Å². The maximum atomic E-state index is 12.0. The van der Waals surface area contributed by atoms with Crippen molar-refractivity contribution in [2.24, 2.45) is 0 Å². The normalized spacial score (nSPS) is 12.2. The summed E-state index contributed by atoms with van der Waals surface area (Å²) in [5, 5.41) is 8.83. The van der Waals surface area contributed by atoms with Crippen LogP contribution < -0.4 is 4.74 Å². The second kappa shape index (κ2) is 5.65. The van der Waals surface area contributed by atoms with Gasteiger partial charge in [0.2, 0.25) is 0 Å². The van der Waals surface area contributed by atoms with Crippen LogP contribution in [0.25, 0.3) is 0 Å². The van der Waals surface area contributed by atoms with E-state index in [0.29, 0.717) is 0 Å². The summed E-state index contributed by atoms with van der Waals surface area (Å²) in [6.07, 6.45) is -3.88. The predicted octanol–water partition coefficient (Wildman–Crippen LogP) is 1.51. The molecule has 112 valence electrons. The lowest BCUT2D eigenvalue weighted by Crippen LogP contribution is -2.20. The van der Waals surface area contributed by atoms with E-state index in [2.05, 4.69) is 9.72 Å². The molecule has 0 unspecified atom stereocenters. The van der Waals surface area contributed by atoms with Crippen molar-refractivity contribution in [3.63, 3.8) is 0 Å². The molecule has 0 bridgehead atoms. The number of hydrogen-bond acceptors (Lipinski definition) is 5. The minimum atomic E-state index is -4.60. The molecule has 0 aliphatic rings. The summed E-state index contributed by atoms with van der Waals surface area (Å²) in [4.78, 5) is 13.5. The number of carboxylic acid groups (broad SMARTS) is 1. The first-order chi connectivity index (χ1) is 9.07. The quantitative estimate of drug-likeness (QED) is 0.885. The smallest absolute Gasteiger partial charge is 0.422 e. The Morgan fingerprint density at radius 1 is 1.45 bits per heavy atom. The van der Waals surface area contributed by atoms with Crippen molar-refractivity contribution < 1.29 is 36.2 Å². The predicted molar refractivity (Wildman–Crippen MR) is 60.5 cm³/mol. The summed E-state index contributed by atoms with van der Waals surface area (Å²) in [7, 11) is -3.95. The van der Waals surface area contributed by atoms with Gasteiger partial charge in [-0.2, -0.15) is 13.2 Å². The third-order valence-corrected chi connectivity index (χ3v) is 3.89. The first kappa shape index (κ1) is 16.2. The highest BCUT2D eigenvalue weighted by Crippen LogP contribution is 2.23. The Morgan fingerprint density at radius 2 is 2.05 bits per heavy atom. The number of pyridine rings is 1. The Labute approximate surface area is 112 Å². The lowest BCUT2D eigenvalue weighted by atomic mass is 10.3. The van der Waals surface area contributed by atoms with Crippen molar-refractivity contribution in [2.45, 2.75) is 18.0 Å². The van der Waals surface area contributed by atoms with Crippen LogP contribution in [0, 0.1) is 0 Å². The molecule has 1 aromatic heterocycles. The van der Waals surface area contributed by atoms with Crippen LogP contribution in [0.3, 0.4) is 0 Å². The van der Waals surface area contributed by atoms with Crippen molar-refractivity contribution in [1.82, 2.24) is 4.98 Å². The Hall–Kier alpha value is -1.84. The Kier molecular flexibility index (Phi) is 4.58. The molecule has 1 heterocycles. The van der Waals surface area contributed by atoms with E-state index in [1.165, 1.54) is 6.92 Å². The number of aromatic carboxylic acids is 1. The minimum absolute atomic E-state index is 0.419. The highest BCUT2D eigenvalue weighted by Gasteiger charge is 2.29. The number of aromatic nitrogens is 1. The molecule has 20 heavy (non-hydrogen) atoms. The van der Waals surface area contributed by atoms with Gasteiger partial charge in [-0.1, -0.05) is 6.92 Å². The Morgan fingerprint density at radius 3 is 2.50 bits per heavy atom. The summed E-state index contributed by atoms with van der Waals surface area (Å²) in [5.74, 6) is -2.49. The lowest BCUT2D eigenvalue weighted by molar-refractivity contribution is -0.153. The molecule has 0 aliphatic carbocycles. The van der Waals surface area contributed by atoms with Gasteiger partial charge in [0, 0.05) is 6.07 Å². The Balaban J connectivity index is 3.22. The molecule has 0 atom stereocenters. The van der Waals surface area contributed by atoms with E-state index >= 15 is 0 Å². The summed E-state index contributed by atoms with van der Waals surface area (Å²) < 4.78 is 63.7. The van der Waals surface area contributed by atoms with Crippen molar-refractivity contribution in [3.05, 3.63) is 18.0 Å². The van der Waals surface area contributed by atoms with Crippen LogP contribution in [0.1, 0.15) is 17.4 Å². The van der Waals surface area contributed by atoms with E-state index in [4.69, 9.17) is 5.11 Å². The Bertz CT molecular complexity index is 612. The number of ether oxygens (including phenoxy) is 1. The van der Waals surface area contributed by atoms with Gasteiger partial charge in [0.05, 0.1) is 11.9 Å². The maximum absolute atomic E-state index is 12.0. The average molecular weight is 313 g/mol. The van der Waals surface area contributed by atoms with Crippen LogP contribution in [0.4, 0.5) is 13.2 Å². The van der Waals surface area contributed by atoms with E-state index in [9.17, 15) is 26.4 Å². The molecule has 1 N–H and O–H groups in total. The summed E-state index contributed by atoms with van der Waals surface area (Å²) in [5.41, 5.74) is -0.758. The van der Waals surface area contributed by atoms with Crippen LogP contribution in [-0.4, -0.2) is 43.0 Å². The second-order valence-electron chi connectivity index (χ2n) is 3.63. The molecule has 0 saturated heterocycles. The summed E-state index contributed by atoms with van der Waals surface area (Å²) >= 11 is 0. The van der Waals surface area contributed by atoms with Gasteiger partial charge in [0.1, 0.15) is 10.6 Å². The van der Waals surface area contributed by atoms with Gasteiger partial charge >= 0.3 is 12.1 Å². The first-order valence-electron chi connectivity index (χ1n) is 5.22. The number of sulfone groups is 1. The maximum Gasteiger partial charge on any atom is 0.422 e. The van der Waals surface area contributed by atoms with Crippen molar-refractivity contribution >= 4 is 15.8 Å². The third kappa shape index (κ3) is 4.08. The van der Waals surface area contributed by atoms with Crippen molar-refractivity contribution in [3.8, 4) is 5.75 Å². The van der Waals surface area contributed by atoms with Gasteiger partial charge in [-0.25, -0.2) is 18.2 Å². The molecule has 0 spiro atoms. The van der Waals surface area contributed by atoms with Gasteiger partial charge in [-0.05, 0) is 0 Å². The average Bonchev–Trinajstić information content (AvgIpc) is 2.35. The van der Waals surface area contributed by atoms with Crippen LogP contribution >= 0.6 is 0 Å². The number of hydrogen-bond donors (Lipinski definition) is 1. The number of rotatable bonds is 5. The zero-order valence-corrected chi connectivity index (χ0v) is 11.0. The topological polar surface area (TPSA) is 93.6 Å². The van der Waals surface area contributed by atoms with Crippen LogP contribution in [0.15, 0.2) is 17.2 Å². The third-order valence-electron chi connectivity index (χ3n) is 2.15. The molecule has 6 nitrogen and oxygen atoms in total. The molecule has 10 heteroatoms.